The Balaban J connectivity index is 1.96. The maximum absolute atomic E-state index is 5.94. The molecule has 0 saturated heterocycles. The third-order valence-corrected chi connectivity index (χ3v) is 3.75. The molecule has 21 heavy (non-hydrogen) atoms. The van der Waals surface area contributed by atoms with Crippen LogP contribution in [0, 0.1) is 0 Å². The van der Waals surface area contributed by atoms with Crippen LogP contribution in [-0.2, 0) is 11.8 Å². The van der Waals surface area contributed by atoms with Crippen molar-refractivity contribution < 1.29 is 9.47 Å². The van der Waals surface area contributed by atoms with Crippen molar-refractivity contribution in [3.05, 3.63) is 59.7 Å². The molecule has 0 aliphatic carbocycles. The average molecular weight is 349 g/mol. The average Bonchev–Trinajstić information content (AvgIpc) is 2.54. The minimum Gasteiger partial charge on any atom is -0.493 e. The van der Waals surface area contributed by atoms with Gasteiger partial charge in [0.1, 0.15) is 11.5 Å². The van der Waals surface area contributed by atoms with Crippen LogP contribution in [0.1, 0.15) is 24.5 Å². The highest BCUT2D eigenvalue weighted by Gasteiger charge is 2.05. The van der Waals surface area contributed by atoms with Gasteiger partial charge in [-0.05, 0) is 18.1 Å². The molecule has 3 heteroatoms. The van der Waals surface area contributed by atoms with Gasteiger partial charge in [-0.15, -0.1) is 0 Å². The van der Waals surface area contributed by atoms with Crippen molar-refractivity contribution in [3.63, 3.8) is 0 Å². The van der Waals surface area contributed by atoms with Gasteiger partial charge in [0.15, 0.2) is 0 Å². The van der Waals surface area contributed by atoms with Crippen molar-refractivity contribution in [1.29, 1.82) is 0 Å². The maximum atomic E-state index is 5.94. The van der Waals surface area contributed by atoms with Crippen molar-refractivity contribution in [2.24, 2.45) is 0 Å². The Morgan fingerprint density at radius 3 is 2.48 bits per heavy atom. The van der Waals surface area contributed by atoms with Crippen LogP contribution in [0.25, 0.3) is 0 Å². The molecule has 0 bridgehead atoms. The monoisotopic (exact) mass is 348 g/mol. The first-order chi connectivity index (χ1) is 10.3. The Labute approximate surface area is 135 Å². The summed E-state index contributed by atoms with van der Waals surface area (Å²) in [6.45, 7) is 3.50. The second-order valence-corrected chi connectivity index (χ2v) is 5.40. The first-order valence-corrected chi connectivity index (χ1v) is 8.44. The summed E-state index contributed by atoms with van der Waals surface area (Å²) in [6.07, 6.45) is 1.91. The van der Waals surface area contributed by atoms with Crippen LogP contribution in [0.2, 0.25) is 0 Å². The van der Waals surface area contributed by atoms with Gasteiger partial charge in [0, 0.05) is 23.4 Å². The lowest BCUT2D eigenvalue weighted by Crippen LogP contribution is -2.04. The lowest BCUT2D eigenvalue weighted by molar-refractivity contribution is 0.302. The summed E-state index contributed by atoms with van der Waals surface area (Å²) >= 11 is 3.50. The maximum Gasteiger partial charge on any atom is 0.127 e. The summed E-state index contributed by atoms with van der Waals surface area (Å²) in [7, 11) is 0. The smallest absolute Gasteiger partial charge is 0.127 e. The second-order valence-electron chi connectivity index (χ2n) is 4.84. The lowest BCUT2D eigenvalue weighted by atomic mass is 10.2. The van der Waals surface area contributed by atoms with Crippen molar-refractivity contribution in [2.45, 2.75) is 25.1 Å². The molecule has 112 valence electrons. The Morgan fingerprint density at radius 2 is 1.76 bits per heavy atom. The molecule has 2 nitrogen and oxygen atoms in total. The zero-order valence-electron chi connectivity index (χ0n) is 12.3. The highest BCUT2D eigenvalue weighted by Crippen LogP contribution is 2.27. The highest BCUT2D eigenvalue weighted by molar-refractivity contribution is 9.08. The third-order valence-electron chi connectivity index (χ3n) is 3.15. The molecule has 0 amide bonds. The predicted octanol–water partition coefficient (Wildman–Crippen LogP) is 4.99. The van der Waals surface area contributed by atoms with Gasteiger partial charge < -0.3 is 9.47 Å². The van der Waals surface area contributed by atoms with Gasteiger partial charge in [-0.1, -0.05) is 59.3 Å². The fourth-order valence-electron chi connectivity index (χ4n) is 2.01. The molecule has 0 N–H and O–H groups in total. The van der Waals surface area contributed by atoms with Gasteiger partial charge in [0.2, 0.25) is 0 Å². The molecule has 2 aromatic rings. The molecule has 0 saturated carbocycles. The molecule has 2 aromatic carbocycles. The summed E-state index contributed by atoms with van der Waals surface area (Å²) in [5.74, 6) is 1.77. The first kappa shape index (κ1) is 15.9. The van der Waals surface area contributed by atoms with Gasteiger partial charge in [-0.2, -0.15) is 0 Å². The zero-order chi connectivity index (χ0) is 14.9. The molecule has 0 heterocycles. The topological polar surface area (TPSA) is 18.5 Å². The van der Waals surface area contributed by atoms with Gasteiger partial charge in [0.25, 0.3) is 0 Å². The summed E-state index contributed by atoms with van der Waals surface area (Å²) in [4.78, 5) is 0. The SMILES string of the molecule is CCCOc1ccc(CBr)c(OCCc2ccccc2)c1. The van der Waals surface area contributed by atoms with E-state index in [1.807, 2.05) is 18.2 Å². The van der Waals surface area contributed by atoms with Crippen molar-refractivity contribution >= 4 is 15.9 Å². The van der Waals surface area contributed by atoms with E-state index in [1.54, 1.807) is 0 Å². The number of rotatable bonds is 8. The fraction of sp³-hybridized carbons (Fsp3) is 0.333. The fourth-order valence-corrected chi connectivity index (χ4v) is 2.48. The molecule has 2 rings (SSSR count). The summed E-state index contributed by atoms with van der Waals surface area (Å²) < 4.78 is 11.6. The zero-order valence-corrected chi connectivity index (χ0v) is 13.9. The summed E-state index contributed by atoms with van der Waals surface area (Å²) in [5.41, 5.74) is 2.43. The van der Waals surface area contributed by atoms with E-state index < -0.39 is 0 Å². The molecular formula is C18H21BrO2. The molecule has 0 spiro atoms. The predicted molar refractivity (Wildman–Crippen MR) is 90.5 cm³/mol. The van der Waals surface area contributed by atoms with E-state index in [0.29, 0.717) is 6.61 Å². The van der Waals surface area contributed by atoms with Crippen LogP contribution in [0.4, 0.5) is 0 Å². The van der Waals surface area contributed by atoms with Crippen LogP contribution in [0.15, 0.2) is 48.5 Å². The number of alkyl halides is 1. The van der Waals surface area contributed by atoms with E-state index in [-0.39, 0.29) is 0 Å². The number of hydrogen-bond acceptors (Lipinski definition) is 2. The highest BCUT2D eigenvalue weighted by atomic mass is 79.9. The largest absolute Gasteiger partial charge is 0.493 e. The number of benzene rings is 2. The molecule has 0 fully saturated rings. The number of hydrogen-bond donors (Lipinski definition) is 0. The van der Waals surface area contributed by atoms with E-state index in [0.717, 1.165) is 41.8 Å². The summed E-state index contributed by atoms with van der Waals surface area (Å²) in [5, 5.41) is 0.779. The third kappa shape index (κ3) is 5.09. The minimum absolute atomic E-state index is 0.668. The first-order valence-electron chi connectivity index (χ1n) is 7.32. The number of ether oxygens (including phenoxy) is 2. The standard InChI is InChI=1S/C18H21BrO2/c1-2-11-20-17-9-8-16(14-19)18(13-17)21-12-10-15-6-4-3-5-7-15/h3-9,13H,2,10-12,14H2,1H3. The van der Waals surface area contributed by atoms with Gasteiger partial charge in [-0.3, -0.25) is 0 Å². The molecule has 0 unspecified atom stereocenters. The van der Waals surface area contributed by atoms with E-state index in [9.17, 15) is 0 Å². The van der Waals surface area contributed by atoms with Crippen LogP contribution in [0.3, 0.4) is 0 Å². The molecule has 0 aliphatic rings. The summed E-state index contributed by atoms with van der Waals surface area (Å²) in [6, 6.07) is 16.4. The molecular weight excluding hydrogens is 328 g/mol. The van der Waals surface area contributed by atoms with E-state index in [2.05, 4.69) is 53.2 Å². The Kier molecular flexibility index (Phi) is 6.61. The van der Waals surface area contributed by atoms with Crippen molar-refractivity contribution in [1.82, 2.24) is 0 Å². The Bertz CT molecular complexity index is 540. The van der Waals surface area contributed by atoms with Crippen LogP contribution >= 0.6 is 15.9 Å². The lowest BCUT2D eigenvalue weighted by Gasteiger charge is -2.12. The molecule has 0 aliphatic heterocycles. The van der Waals surface area contributed by atoms with Gasteiger partial charge in [-0.25, -0.2) is 0 Å². The van der Waals surface area contributed by atoms with Crippen LogP contribution < -0.4 is 9.47 Å². The van der Waals surface area contributed by atoms with Gasteiger partial charge in [0.05, 0.1) is 13.2 Å². The van der Waals surface area contributed by atoms with Crippen molar-refractivity contribution in [2.75, 3.05) is 13.2 Å². The Morgan fingerprint density at radius 1 is 0.952 bits per heavy atom. The number of halogens is 1. The van der Waals surface area contributed by atoms with E-state index in [1.165, 1.54) is 5.56 Å². The molecule has 0 atom stereocenters. The minimum atomic E-state index is 0.668. The van der Waals surface area contributed by atoms with Crippen molar-refractivity contribution in [3.8, 4) is 11.5 Å². The second kappa shape index (κ2) is 8.73. The van der Waals surface area contributed by atoms with E-state index in [4.69, 9.17) is 9.47 Å². The molecule has 0 aromatic heterocycles. The van der Waals surface area contributed by atoms with Crippen LogP contribution in [-0.4, -0.2) is 13.2 Å². The van der Waals surface area contributed by atoms with Crippen LogP contribution in [0.5, 0.6) is 11.5 Å². The normalized spacial score (nSPS) is 10.4. The van der Waals surface area contributed by atoms with E-state index >= 15 is 0 Å². The Hall–Kier alpha value is -1.48. The quantitative estimate of drug-likeness (QED) is 0.625. The molecule has 0 radical (unpaired) electrons. The van der Waals surface area contributed by atoms with Gasteiger partial charge >= 0.3 is 0 Å².